The molecule has 0 radical (unpaired) electrons. The van der Waals surface area contributed by atoms with E-state index in [2.05, 4.69) is 24.1 Å². The second-order valence-corrected chi connectivity index (χ2v) is 4.09. The first-order valence-corrected chi connectivity index (χ1v) is 6.34. The summed E-state index contributed by atoms with van der Waals surface area (Å²) in [7, 11) is 3.25. The van der Waals surface area contributed by atoms with Gasteiger partial charge >= 0.3 is 0 Å². The topological polar surface area (TPSA) is 33.7 Å². The molecule has 0 bridgehead atoms. The summed E-state index contributed by atoms with van der Waals surface area (Å²) >= 11 is 5.35. The molecule has 0 aliphatic heterocycles. The van der Waals surface area contributed by atoms with E-state index in [0.29, 0.717) is 5.11 Å². The number of nitrogens with zero attached hydrogens (tertiary/aromatic N) is 1. The summed E-state index contributed by atoms with van der Waals surface area (Å²) in [4.78, 5) is 2.07. The number of anilines is 1. The van der Waals surface area contributed by atoms with Crippen molar-refractivity contribution in [3.63, 3.8) is 0 Å². The predicted molar refractivity (Wildman–Crippen MR) is 78.7 cm³/mol. The van der Waals surface area contributed by atoms with Crippen LogP contribution in [-0.2, 0) is 0 Å². The second-order valence-electron chi connectivity index (χ2n) is 3.70. The first kappa shape index (κ1) is 14.6. The van der Waals surface area contributed by atoms with Gasteiger partial charge in [0.2, 0.25) is 0 Å². The fourth-order valence-electron chi connectivity index (χ4n) is 1.59. The summed E-state index contributed by atoms with van der Waals surface area (Å²) in [6, 6.07) is 5.60. The van der Waals surface area contributed by atoms with Gasteiger partial charge in [0.1, 0.15) is 11.5 Å². The highest BCUT2D eigenvalue weighted by molar-refractivity contribution is 7.80. The van der Waals surface area contributed by atoms with Gasteiger partial charge in [0.05, 0.1) is 14.2 Å². The Kier molecular flexibility index (Phi) is 5.71. The number of benzene rings is 1. The third kappa shape index (κ3) is 3.77. The Balaban J connectivity index is 2.86. The third-order valence-electron chi connectivity index (χ3n) is 2.65. The van der Waals surface area contributed by atoms with Crippen LogP contribution in [0.1, 0.15) is 13.8 Å². The van der Waals surface area contributed by atoms with Crippen LogP contribution in [0.3, 0.4) is 0 Å². The summed E-state index contributed by atoms with van der Waals surface area (Å²) in [6.45, 7) is 5.90. The molecule has 5 heteroatoms. The van der Waals surface area contributed by atoms with Gasteiger partial charge in [0.25, 0.3) is 0 Å². The van der Waals surface area contributed by atoms with Gasteiger partial charge in [-0.3, -0.25) is 0 Å². The average Bonchev–Trinajstić information content (AvgIpc) is 2.39. The minimum Gasteiger partial charge on any atom is -0.497 e. The molecule has 1 N–H and O–H groups in total. The second kappa shape index (κ2) is 7.06. The minimum absolute atomic E-state index is 0.704. The molecular weight excluding hydrogens is 248 g/mol. The number of rotatable bonds is 5. The van der Waals surface area contributed by atoms with Crippen LogP contribution in [0.2, 0.25) is 0 Å². The number of nitrogens with one attached hydrogen (secondary N) is 1. The lowest BCUT2D eigenvalue weighted by Crippen LogP contribution is -2.34. The van der Waals surface area contributed by atoms with Crippen LogP contribution in [0.4, 0.5) is 5.69 Å². The molecule has 0 heterocycles. The molecule has 0 aliphatic carbocycles. The number of methoxy groups -OCH3 is 2. The molecule has 1 aromatic rings. The van der Waals surface area contributed by atoms with Crippen molar-refractivity contribution in [3.8, 4) is 11.5 Å². The van der Waals surface area contributed by atoms with E-state index in [-0.39, 0.29) is 0 Å². The van der Waals surface area contributed by atoms with Gasteiger partial charge in [0, 0.05) is 37.0 Å². The summed E-state index contributed by atoms with van der Waals surface area (Å²) in [5, 5.41) is 3.89. The maximum atomic E-state index is 5.35. The molecule has 0 aromatic heterocycles. The van der Waals surface area contributed by atoms with Gasteiger partial charge in [-0.25, -0.2) is 0 Å². The molecule has 0 aliphatic rings. The van der Waals surface area contributed by atoms with Crippen molar-refractivity contribution in [2.24, 2.45) is 0 Å². The van der Waals surface area contributed by atoms with Crippen LogP contribution in [0, 0.1) is 0 Å². The van der Waals surface area contributed by atoms with E-state index < -0.39 is 0 Å². The number of hydrogen-bond acceptors (Lipinski definition) is 3. The van der Waals surface area contributed by atoms with E-state index in [0.717, 1.165) is 30.3 Å². The van der Waals surface area contributed by atoms with Gasteiger partial charge in [-0.05, 0) is 26.1 Å². The van der Waals surface area contributed by atoms with Gasteiger partial charge in [-0.1, -0.05) is 0 Å². The van der Waals surface area contributed by atoms with Crippen molar-refractivity contribution >= 4 is 23.0 Å². The smallest absolute Gasteiger partial charge is 0.173 e. The van der Waals surface area contributed by atoms with Gasteiger partial charge in [-0.15, -0.1) is 0 Å². The molecule has 1 rings (SSSR count). The van der Waals surface area contributed by atoms with Gasteiger partial charge in [0.15, 0.2) is 5.11 Å². The van der Waals surface area contributed by atoms with Crippen molar-refractivity contribution in [2.45, 2.75) is 13.8 Å². The van der Waals surface area contributed by atoms with Crippen molar-refractivity contribution in [1.82, 2.24) is 4.90 Å². The minimum atomic E-state index is 0.704. The Labute approximate surface area is 114 Å². The molecule has 0 saturated heterocycles. The molecule has 4 nitrogen and oxygen atoms in total. The zero-order chi connectivity index (χ0) is 13.5. The Morgan fingerprint density at radius 1 is 1.11 bits per heavy atom. The van der Waals surface area contributed by atoms with E-state index >= 15 is 0 Å². The van der Waals surface area contributed by atoms with Crippen LogP contribution >= 0.6 is 12.2 Å². The fraction of sp³-hybridized carbons (Fsp3) is 0.462. The molecule has 0 saturated carbocycles. The highest BCUT2D eigenvalue weighted by Crippen LogP contribution is 2.25. The molecule has 0 spiro atoms. The standard InChI is InChI=1S/C13H20N2O2S/c1-5-15(6-2)13(18)14-10-7-11(16-3)9-12(8-10)17-4/h7-9H,5-6H2,1-4H3,(H,14,18). The molecule has 0 fully saturated rings. The zero-order valence-corrected chi connectivity index (χ0v) is 12.1. The Morgan fingerprint density at radius 3 is 2.00 bits per heavy atom. The lowest BCUT2D eigenvalue weighted by molar-refractivity contribution is 0.394. The fourth-order valence-corrected chi connectivity index (χ4v) is 1.97. The lowest BCUT2D eigenvalue weighted by atomic mass is 10.3. The van der Waals surface area contributed by atoms with Crippen LogP contribution in [0.5, 0.6) is 11.5 Å². The largest absolute Gasteiger partial charge is 0.497 e. The van der Waals surface area contributed by atoms with Crippen molar-refractivity contribution in [2.75, 3.05) is 32.6 Å². The summed E-state index contributed by atoms with van der Waals surface area (Å²) in [5.41, 5.74) is 0.864. The van der Waals surface area contributed by atoms with E-state index in [9.17, 15) is 0 Å². The number of thiocarbonyl (C=S) groups is 1. The van der Waals surface area contributed by atoms with E-state index in [1.807, 2.05) is 18.2 Å². The average molecular weight is 268 g/mol. The van der Waals surface area contributed by atoms with Crippen LogP contribution in [-0.4, -0.2) is 37.3 Å². The van der Waals surface area contributed by atoms with E-state index in [4.69, 9.17) is 21.7 Å². The molecule has 0 unspecified atom stereocenters. The van der Waals surface area contributed by atoms with Crippen LogP contribution < -0.4 is 14.8 Å². The monoisotopic (exact) mass is 268 g/mol. The first-order chi connectivity index (χ1) is 8.64. The van der Waals surface area contributed by atoms with Crippen molar-refractivity contribution in [3.05, 3.63) is 18.2 Å². The maximum absolute atomic E-state index is 5.35. The number of hydrogen-bond donors (Lipinski definition) is 1. The highest BCUT2D eigenvalue weighted by atomic mass is 32.1. The van der Waals surface area contributed by atoms with Gasteiger partial charge in [-0.2, -0.15) is 0 Å². The van der Waals surface area contributed by atoms with Gasteiger partial charge < -0.3 is 19.7 Å². The normalized spacial score (nSPS) is 9.78. The lowest BCUT2D eigenvalue weighted by Gasteiger charge is -2.22. The molecular formula is C13H20N2O2S. The summed E-state index contributed by atoms with van der Waals surface area (Å²) < 4.78 is 10.4. The molecule has 1 aromatic carbocycles. The zero-order valence-electron chi connectivity index (χ0n) is 11.3. The molecule has 18 heavy (non-hydrogen) atoms. The quantitative estimate of drug-likeness (QED) is 0.830. The van der Waals surface area contributed by atoms with Crippen molar-refractivity contribution < 1.29 is 9.47 Å². The Morgan fingerprint density at radius 2 is 1.61 bits per heavy atom. The first-order valence-electron chi connectivity index (χ1n) is 5.93. The maximum Gasteiger partial charge on any atom is 0.173 e. The Bertz CT molecular complexity index is 384. The number of ether oxygens (including phenoxy) is 2. The molecule has 0 amide bonds. The summed E-state index contributed by atoms with van der Waals surface area (Å²) in [5.74, 6) is 1.47. The third-order valence-corrected chi connectivity index (χ3v) is 3.01. The molecule has 0 atom stereocenters. The Hall–Kier alpha value is -1.49. The van der Waals surface area contributed by atoms with Crippen LogP contribution in [0.25, 0.3) is 0 Å². The van der Waals surface area contributed by atoms with E-state index in [1.54, 1.807) is 14.2 Å². The highest BCUT2D eigenvalue weighted by Gasteiger charge is 2.07. The summed E-state index contributed by atoms with van der Waals surface area (Å²) in [6.07, 6.45) is 0. The molecule has 100 valence electrons. The van der Waals surface area contributed by atoms with Crippen LogP contribution in [0.15, 0.2) is 18.2 Å². The predicted octanol–water partition coefficient (Wildman–Crippen LogP) is 2.74. The SMILES string of the molecule is CCN(CC)C(=S)Nc1cc(OC)cc(OC)c1. The van der Waals surface area contributed by atoms with Crippen molar-refractivity contribution in [1.29, 1.82) is 0 Å². The van der Waals surface area contributed by atoms with E-state index in [1.165, 1.54) is 0 Å².